The number of nitrogens with zero attached hydrogens (tertiary/aromatic N) is 3. The second kappa shape index (κ2) is 2.74. The summed E-state index contributed by atoms with van der Waals surface area (Å²) in [7, 11) is 0. The van der Waals surface area contributed by atoms with Crippen LogP contribution in [0.15, 0.2) is 12.5 Å². The predicted octanol–water partition coefficient (Wildman–Crippen LogP) is 0.405. The van der Waals surface area contributed by atoms with Gasteiger partial charge in [0.15, 0.2) is 5.82 Å². The van der Waals surface area contributed by atoms with Gasteiger partial charge in [-0.2, -0.15) is 0 Å². The van der Waals surface area contributed by atoms with Gasteiger partial charge in [-0.05, 0) is 0 Å². The average Bonchev–Trinajstić information content (AvgIpc) is 2.38. The summed E-state index contributed by atoms with van der Waals surface area (Å²) < 4.78 is 6.15. The van der Waals surface area contributed by atoms with Gasteiger partial charge in [-0.25, -0.2) is 14.5 Å². The van der Waals surface area contributed by atoms with Crippen LogP contribution < -0.4 is 0 Å². The Kier molecular flexibility index (Phi) is 1.59. The quantitative estimate of drug-likeness (QED) is 0.675. The number of carboxylic acid groups (broad SMARTS) is 1. The molecule has 66 valence electrons. The molecule has 13 heavy (non-hydrogen) atoms. The highest BCUT2D eigenvalue weighted by atomic mass is 16.5. The normalized spacial score (nSPS) is 13.2. The van der Waals surface area contributed by atoms with Crippen LogP contribution in [0, 0.1) is 0 Å². The molecule has 0 aliphatic carbocycles. The number of rotatable bonds is 1. The van der Waals surface area contributed by atoms with E-state index >= 15 is 0 Å². The molecule has 2 heterocycles. The zero-order valence-corrected chi connectivity index (χ0v) is 6.41. The Labute approximate surface area is 72.8 Å². The van der Waals surface area contributed by atoms with Gasteiger partial charge in [0.1, 0.15) is 6.26 Å². The molecule has 2 rings (SSSR count). The topological polar surface area (TPSA) is 77.2 Å². The third-order valence-corrected chi connectivity index (χ3v) is 1.43. The number of carboxylic acids is 1. The van der Waals surface area contributed by atoms with E-state index in [4.69, 9.17) is 9.84 Å². The Bertz CT molecular complexity index is 376. The second-order valence-corrected chi connectivity index (χ2v) is 2.27. The summed E-state index contributed by atoms with van der Waals surface area (Å²) in [6.45, 7) is 0. The largest absolute Gasteiger partial charge is 0.475 e. The molecule has 1 aromatic rings. The molecule has 6 heteroatoms. The molecule has 6 nitrogen and oxygen atoms in total. The summed E-state index contributed by atoms with van der Waals surface area (Å²) in [5.74, 6) is -0.958. The second-order valence-electron chi connectivity index (χ2n) is 2.27. The predicted molar refractivity (Wildman–Crippen MR) is 42.4 cm³/mol. The highest BCUT2D eigenvalue weighted by molar-refractivity contribution is 5.83. The van der Waals surface area contributed by atoms with E-state index in [9.17, 15) is 4.79 Å². The molecular formula is C7H5N3O3. The van der Waals surface area contributed by atoms with Crippen molar-refractivity contribution in [1.82, 2.24) is 14.8 Å². The maximum Gasteiger partial charge on any atom is 0.375 e. The van der Waals surface area contributed by atoms with Crippen molar-refractivity contribution >= 4 is 18.2 Å². The maximum absolute atomic E-state index is 10.5. The highest BCUT2D eigenvalue weighted by Gasteiger charge is 2.12. The number of hydrogen-bond acceptors (Lipinski definition) is 4. The first-order valence-corrected chi connectivity index (χ1v) is 3.46. The minimum absolute atomic E-state index is 0.230. The molecule has 0 aromatic carbocycles. The van der Waals surface area contributed by atoms with Crippen molar-refractivity contribution in [3.8, 4) is 0 Å². The first-order valence-electron chi connectivity index (χ1n) is 3.46. The van der Waals surface area contributed by atoms with Crippen molar-refractivity contribution in [2.45, 2.75) is 0 Å². The summed E-state index contributed by atoms with van der Waals surface area (Å²) in [6.07, 6.45) is 5.79. The van der Waals surface area contributed by atoms with Gasteiger partial charge in [0.2, 0.25) is 0 Å². The van der Waals surface area contributed by atoms with Crippen molar-refractivity contribution in [3.63, 3.8) is 0 Å². The van der Waals surface area contributed by atoms with Crippen LogP contribution >= 0.6 is 0 Å². The van der Waals surface area contributed by atoms with Crippen molar-refractivity contribution in [2.24, 2.45) is 0 Å². The van der Waals surface area contributed by atoms with Gasteiger partial charge >= 0.3 is 5.97 Å². The van der Waals surface area contributed by atoms with Crippen molar-refractivity contribution in [2.75, 3.05) is 0 Å². The number of fused-ring (bicyclic) bond motifs is 1. The van der Waals surface area contributed by atoms with Crippen LogP contribution in [0.4, 0.5) is 0 Å². The Balaban J connectivity index is 2.50. The van der Waals surface area contributed by atoms with Gasteiger partial charge in [0.25, 0.3) is 5.82 Å². The molecule has 0 atom stereocenters. The lowest BCUT2D eigenvalue weighted by molar-refractivity contribution is 0.0683. The fourth-order valence-electron chi connectivity index (χ4n) is 0.888. The molecule has 0 amide bonds. The molecule has 1 aliphatic rings. The molecule has 1 N–H and O–H groups in total. The standard InChI is InChI=1S/C7H5N3O3/c11-7(12)6-8-5-1-3-13-4-2-10(5)9-6/h1-4H,(H,11,12). The lowest BCUT2D eigenvalue weighted by Gasteiger charge is -1.87. The van der Waals surface area contributed by atoms with E-state index in [2.05, 4.69) is 10.1 Å². The fraction of sp³-hybridized carbons (Fsp3) is 0. The lowest BCUT2D eigenvalue weighted by Crippen LogP contribution is -1.99. The van der Waals surface area contributed by atoms with Gasteiger partial charge in [0.05, 0.1) is 12.5 Å². The van der Waals surface area contributed by atoms with Crippen LogP contribution in [0.25, 0.3) is 12.3 Å². The van der Waals surface area contributed by atoms with Crippen LogP contribution in [0.3, 0.4) is 0 Å². The molecule has 0 saturated heterocycles. The van der Waals surface area contributed by atoms with E-state index in [1.807, 2.05) is 0 Å². The first-order chi connectivity index (χ1) is 6.27. The number of hydrogen-bond donors (Lipinski definition) is 1. The van der Waals surface area contributed by atoms with Crippen molar-refractivity contribution in [3.05, 3.63) is 24.2 Å². The third kappa shape index (κ3) is 1.28. The Morgan fingerprint density at radius 3 is 3.15 bits per heavy atom. The molecule has 0 fully saturated rings. The summed E-state index contributed by atoms with van der Waals surface area (Å²) in [4.78, 5) is 14.2. The van der Waals surface area contributed by atoms with Crippen molar-refractivity contribution in [1.29, 1.82) is 0 Å². The maximum atomic E-state index is 10.5. The van der Waals surface area contributed by atoms with Gasteiger partial charge in [-0.1, -0.05) is 0 Å². The number of ether oxygens (including phenoxy) is 1. The van der Waals surface area contributed by atoms with E-state index in [0.717, 1.165) is 0 Å². The van der Waals surface area contributed by atoms with Gasteiger partial charge in [-0.3, -0.25) is 0 Å². The molecule has 0 radical (unpaired) electrons. The van der Waals surface area contributed by atoms with Crippen LogP contribution in [0.5, 0.6) is 0 Å². The van der Waals surface area contributed by atoms with E-state index < -0.39 is 5.97 Å². The Hall–Kier alpha value is -2.11. The van der Waals surface area contributed by atoms with Gasteiger partial charge < -0.3 is 9.84 Å². The molecule has 1 aliphatic heterocycles. The van der Waals surface area contributed by atoms with Crippen LogP contribution in [0.2, 0.25) is 0 Å². The lowest BCUT2D eigenvalue weighted by atomic mass is 10.5. The summed E-state index contributed by atoms with van der Waals surface area (Å²) in [5.41, 5.74) is 0. The monoisotopic (exact) mass is 179 g/mol. The minimum Gasteiger partial charge on any atom is -0.475 e. The number of aromatic carboxylic acids is 1. The minimum atomic E-state index is -1.15. The molecule has 1 aromatic heterocycles. The summed E-state index contributed by atoms with van der Waals surface area (Å²) in [6, 6.07) is 0. The SMILES string of the molecule is O=C(O)c1nc2n(n1)C=COC=C2. The van der Waals surface area contributed by atoms with E-state index in [1.54, 1.807) is 0 Å². The van der Waals surface area contributed by atoms with Gasteiger partial charge in [0, 0.05) is 6.08 Å². The number of aromatic nitrogens is 3. The van der Waals surface area contributed by atoms with Crippen molar-refractivity contribution < 1.29 is 14.6 Å². The molecule has 0 saturated carbocycles. The highest BCUT2D eigenvalue weighted by Crippen LogP contribution is 2.05. The zero-order chi connectivity index (χ0) is 9.26. The number of carbonyl (C=O) groups is 1. The Morgan fingerprint density at radius 2 is 2.38 bits per heavy atom. The summed E-state index contributed by atoms with van der Waals surface area (Å²) in [5, 5.41) is 12.3. The van der Waals surface area contributed by atoms with Crippen LogP contribution in [-0.2, 0) is 4.74 Å². The molecule has 0 bridgehead atoms. The molecule has 0 spiro atoms. The average molecular weight is 179 g/mol. The summed E-state index contributed by atoms with van der Waals surface area (Å²) >= 11 is 0. The smallest absolute Gasteiger partial charge is 0.375 e. The fourth-order valence-corrected chi connectivity index (χ4v) is 0.888. The molecule has 0 unspecified atom stereocenters. The van der Waals surface area contributed by atoms with Crippen LogP contribution in [0.1, 0.15) is 16.4 Å². The van der Waals surface area contributed by atoms with E-state index in [-0.39, 0.29) is 5.82 Å². The zero-order valence-electron chi connectivity index (χ0n) is 6.41. The van der Waals surface area contributed by atoms with Gasteiger partial charge in [-0.15, -0.1) is 5.10 Å². The van der Waals surface area contributed by atoms with Crippen LogP contribution in [-0.4, -0.2) is 25.8 Å². The molecular weight excluding hydrogens is 174 g/mol. The van der Waals surface area contributed by atoms with E-state index in [1.165, 1.54) is 29.5 Å². The Morgan fingerprint density at radius 1 is 1.54 bits per heavy atom. The first kappa shape index (κ1) is 7.53. The van der Waals surface area contributed by atoms with E-state index in [0.29, 0.717) is 5.82 Å². The third-order valence-electron chi connectivity index (χ3n) is 1.43.